The van der Waals surface area contributed by atoms with Gasteiger partial charge in [-0.25, -0.2) is 0 Å². The highest BCUT2D eigenvalue weighted by Crippen LogP contribution is 2.21. The molecule has 2 aromatic rings. The van der Waals surface area contributed by atoms with Gasteiger partial charge >= 0.3 is 0 Å². The first-order valence-electron chi connectivity index (χ1n) is 6.92. The molecular formula is C17H22N2O. The molecule has 106 valence electrons. The maximum atomic E-state index is 9.74. The van der Waals surface area contributed by atoms with Crippen molar-refractivity contribution in [2.24, 2.45) is 0 Å². The standard InChI is InChI=1S/C17H22N2O/c1-13(19-12-17(2,3)20)14-6-8-15(9-7-14)16-5-4-10-18-11-16/h4-11,13,19-20H,12H2,1-3H3. The number of hydrogen-bond acceptors (Lipinski definition) is 3. The lowest BCUT2D eigenvalue weighted by atomic mass is 10.0. The summed E-state index contributed by atoms with van der Waals surface area (Å²) in [5, 5.41) is 13.1. The van der Waals surface area contributed by atoms with Crippen LogP contribution in [0.25, 0.3) is 11.1 Å². The van der Waals surface area contributed by atoms with Crippen molar-refractivity contribution in [3.63, 3.8) is 0 Å². The Hall–Kier alpha value is -1.71. The molecule has 0 aliphatic heterocycles. The first-order chi connectivity index (χ1) is 9.46. The normalized spacial score (nSPS) is 13.2. The van der Waals surface area contributed by atoms with Gasteiger partial charge in [-0.3, -0.25) is 4.98 Å². The Morgan fingerprint density at radius 3 is 2.40 bits per heavy atom. The number of nitrogens with zero attached hydrogens (tertiary/aromatic N) is 1. The summed E-state index contributed by atoms with van der Waals surface area (Å²) in [6.45, 7) is 6.28. The van der Waals surface area contributed by atoms with Crippen LogP contribution in [0.15, 0.2) is 48.8 Å². The van der Waals surface area contributed by atoms with Crippen LogP contribution in [-0.2, 0) is 0 Å². The molecule has 0 aliphatic carbocycles. The number of hydrogen-bond donors (Lipinski definition) is 2. The van der Waals surface area contributed by atoms with Crippen LogP contribution >= 0.6 is 0 Å². The summed E-state index contributed by atoms with van der Waals surface area (Å²) >= 11 is 0. The number of benzene rings is 1. The first-order valence-corrected chi connectivity index (χ1v) is 6.92. The number of nitrogens with one attached hydrogen (secondary N) is 1. The monoisotopic (exact) mass is 270 g/mol. The molecule has 0 saturated carbocycles. The summed E-state index contributed by atoms with van der Waals surface area (Å²) in [7, 11) is 0. The first kappa shape index (κ1) is 14.7. The van der Waals surface area contributed by atoms with Crippen LogP contribution < -0.4 is 5.32 Å². The minimum atomic E-state index is -0.691. The van der Waals surface area contributed by atoms with Crippen LogP contribution in [0.4, 0.5) is 0 Å². The zero-order valence-corrected chi connectivity index (χ0v) is 12.3. The van der Waals surface area contributed by atoms with Crippen LogP contribution in [0.1, 0.15) is 32.4 Å². The van der Waals surface area contributed by atoms with Gasteiger partial charge in [0.05, 0.1) is 5.60 Å². The van der Waals surface area contributed by atoms with Gasteiger partial charge in [-0.05, 0) is 43.5 Å². The minimum absolute atomic E-state index is 0.212. The summed E-state index contributed by atoms with van der Waals surface area (Å²) in [6.07, 6.45) is 3.64. The fraction of sp³-hybridized carbons (Fsp3) is 0.353. The van der Waals surface area contributed by atoms with Crippen molar-refractivity contribution in [3.05, 3.63) is 54.4 Å². The molecule has 0 aliphatic rings. The van der Waals surface area contributed by atoms with Crippen molar-refractivity contribution < 1.29 is 5.11 Å². The Morgan fingerprint density at radius 2 is 1.85 bits per heavy atom. The largest absolute Gasteiger partial charge is 0.389 e. The quantitative estimate of drug-likeness (QED) is 0.877. The zero-order valence-electron chi connectivity index (χ0n) is 12.3. The average molecular weight is 270 g/mol. The van der Waals surface area contributed by atoms with Crippen LogP contribution in [0.5, 0.6) is 0 Å². The summed E-state index contributed by atoms with van der Waals surface area (Å²) in [5.74, 6) is 0. The van der Waals surface area contributed by atoms with E-state index in [1.165, 1.54) is 5.56 Å². The van der Waals surface area contributed by atoms with Crippen LogP contribution in [-0.4, -0.2) is 22.2 Å². The lowest BCUT2D eigenvalue weighted by Crippen LogP contribution is -2.36. The Balaban J connectivity index is 2.05. The lowest BCUT2D eigenvalue weighted by Gasteiger charge is -2.22. The van der Waals surface area contributed by atoms with Crippen molar-refractivity contribution >= 4 is 0 Å². The van der Waals surface area contributed by atoms with Crippen molar-refractivity contribution in [2.75, 3.05) is 6.54 Å². The third kappa shape index (κ3) is 4.15. The fourth-order valence-electron chi connectivity index (χ4n) is 2.02. The third-order valence-corrected chi connectivity index (χ3v) is 3.25. The molecule has 20 heavy (non-hydrogen) atoms. The van der Waals surface area contributed by atoms with Gasteiger partial charge in [0.25, 0.3) is 0 Å². The van der Waals surface area contributed by atoms with E-state index >= 15 is 0 Å². The SMILES string of the molecule is CC(NCC(C)(C)O)c1ccc(-c2cccnc2)cc1. The van der Waals surface area contributed by atoms with Crippen molar-refractivity contribution in [2.45, 2.75) is 32.4 Å². The lowest BCUT2D eigenvalue weighted by molar-refractivity contribution is 0.0770. The maximum Gasteiger partial charge on any atom is 0.0715 e. The van der Waals surface area contributed by atoms with E-state index in [4.69, 9.17) is 0 Å². The molecule has 0 radical (unpaired) electrons. The Morgan fingerprint density at radius 1 is 1.15 bits per heavy atom. The van der Waals surface area contributed by atoms with Crippen molar-refractivity contribution in [1.82, 2.24) is 10.3 Å². The average Bonchev–Trinajstić information content (AvgIpc) is 2.45. The number of aromatic nitrogens is 1. The van der Waals surface area contributed by atoms with E-state index in [0.29, 0.717) is 6.54 Å². The molecule has 0 saturated heterocycles. The molecular weight excluding hydrogens is 248 g/mol. The molecule has 0 bridgehead atoms. The molecule has 2 rings (SSSR count). The van der Waals surface area contributed by atoms with Crippen LogP contribution in [0.3, 0.4) is 0 Å². The highest BCUT2D eigenvalue weighted by molar-refractivity contribution is 5.62. The van der Waals surface area contributed by atoms with Gasteiger partial charge in [-0.1, -0.05) is 30.3 Å². The predicted molar refractivity (Wildman–Crippen MR) is 82.4 cm³/mol. The molecule has 0 spiro atoms. The van der Waals surface area contributed by atoms with E-state index in [9.17, 15) is 5.11 Å². The summed E-state index contributed by atoms with van der Waals surface area (Å²) in [5.41, 5.74) is 2.80. The highest BCUT2D eigenvalue weighted by Gasteiger charge is 2.14. The van der Waals surface area contributed by atoms with Gasteiger partial charge in [-0.2, -0.15) is 0 Å². The van der Waals surface area contributed by atoms with E-state index in [1.807, 2.05) is 12.3 Å². The topological polar surface area (TPSA) is 45.1 Å². The third-order valence-electron chi connectivity index (χ3n) is 3.25. The van der Waals surface area contributed by atoms with Gasteiger partial charge in [0.1, 0.15) is 0 Å². The molecule has 0 fully saturated rings. The van der Waals surface area contributed by atoms with E-state index in [0.717, 1.165) is 11.1 Å². The number of aliphatic hydroxyl groups is 1. The highest BCUT2D eigenvalue weighted by atomic mass is 16.3. The second-order valence-corrected chi connectivity index (χ2v) is 5.78. The van der Waals surface area contributed by atoms with Gasteiger partial charge in [-0.15, -0.1) is 0 Å². The van der Waals surface area contributed by atoms with Crippen molar-refractivity contribution in [3.8, 4) is 11.1 Å². The van der Waals surface area contributed by atoms with E-state index < -0.39 is 5.60 Å². The van der Waals surface area contributed by atoms with E-state index in [2.05, 4.69) is 47.6 Å². The molecule has 1 unspecified atom stereocenters. The van der Waals surface area contributed by atoms with Crippen LogP contribution in [0, 0.1) is 0 Å². The molecule has 2 N–H and O–H groups in total. The second-order valence-electron chi connectivity index (χ2n) is 5.78. The Bertz CT molecular complexity index is 529. The number of rotatable bonds is 5. The fourth-order valence-corrected chi connectivity index (χ4v) is 2.02. The van der Waals surface area contributed by atoms with Crippen molar-refractivity contribution in [1.29, 1.82) is 0 Å². The number of pyridine rings is 1. The van der Waals surface area contributed by atoms with Gasteiger partial charge < -0.3 is 10.4 Å². The molecule has 3 nitrogen and oxygen atoms in total. The van der Waals surface area contributed by atoms with Gasteiger partial charge in [0.2, 0.25) is 0 Å². The molecule has 1 heterocycles. The molecule has 1 atom stereocenters. The predicted octanol–water partition coefficient (Wildman–Crippen LogP) is 3.17. The molecule has 0 amide bonds. The molecule has 3 heteroatoms. The second kappa shape index (κ2) is 6.16. The van der Waals surface area contributed by atoms with E-state index in [1.54, 1.807) is 20.0 Å². The minimum Gasteiger partial charge on any atom is -0.389 e. The summed E-state index contributed by atoms with van der Waals surface area (Å²) in [6, 6.07) is 12.6. The van der Waals surface area contributed by atoms with Gasteiger partial charge in [0, 0.05) is 25.0 Å². The molecule has 1 aromatic carbocycles. The van der Waals surface area contributed by atoms with Gasteiger partial charge in [0.15, 0.2) is 0 Å². The zero-order chi connectivity index (χ0) is 14.6. The van der Waals surface area contributed by atoms with Crippen LogP contribution in [0.2, 0.25) is 0 Å². The Kier molecular flexibility index (Phi) is 4.53. The Labute approximate surface area is 120 Å². The summed E-state index contributed by atoms with van der Waals surface area (Å²) < 4.78 is 0. The van der Waals surface area contributed by atoms with E-state index in [-0.39, 0.29) is 6.04 Å². The summed E-state index contributed by atoms with van der Waals surface area (Å²) in [4.78, 5) is 4.13. The molecule has 1 aromatic heterocycles. The smallest absolute Gasteiger partial charge is 0.0715 e. The maximum absolute atomic E-state index is 9.74.